The molecule has 1 amide bonds. The molecule has 2 heterocycles. The number of allylic oxidation sites excluding steroid dienone is 4. The highest BCUT2D eigenvalue weighted by Crippen LogP contribution is 2.40. The number of aliphatic carboxylic acids is 1. The Hall–Kier alpha value is -6.68. The number of hydrogen-bond acceptors (Lipinski definition) is 8. The molecule has 0 bridgehead atoms. The van der Waals surface area contributed by atoms with Crippen LogP contribution in [-0.4, -0.2) is 47.2 Å². The fourth-order valence-corrected chi connectivity index (χ4v) is 6.53. The molecule has 5 aromatic rings. The van der Waals surface area contributed by atoms with Crippen LogP contribution >= 0.6 is 0 Å². The predicted octanol–water partition coefficient (Wildman–Crippen LogP) is 8.79. The second-order valence-electron chi connectivity index (χ2n) is 13.3. The van der Waals surface area contributed by atoms with Crippen LogP contribution in [0.25, 0.3) is 22.4 Å². The number of benzene rings is 3. The third-order valence-corrected chi connectivity index (χ3v) is 9.64. The summed E-state index contributed by atoms with van der Waals surface area (Å²) in [6, 6.07) is 30.0. The van der Waals surface area contributed by atoms with Crippen LogP contribution in [0, 0.1) is 0 Å². The van der Waals surface area contributed by atoms with Crippen LogP contribution in [-0.2, 0) is 17.6 Å². The third kappa shape index (κ3) is 9.70. The molecule has 0 unspecified atom stereocenters. The fourth-order valence-electron chi connectivity index (χ4n) is 6.53. The lowest BCUT2D eigenvalue weighted by molar-refractivity contribution is -0.136. The van der Waals surface area contributed by atoms with Gasteiger partial charge in [0.25, 0.3) is 5.91 Å². The van der Waals surface area contributed by atoms with E-state index < -0.39 is 11.9 Å². The van der Waals surface area contributed by atoms with Gasteiger partial charge >= 0.3 is 5.97 Å². The number of carbonyl (C=O) groups is 2. The van der Waals surface area contributed by atoms with E-state index in [-0.39, 0.29) is 18.5 Å². The first-order chi connectivity index (χ1) is 27.1. The first-order valence-corrected chi connectivity index (χ1v) is 18.5. The summed E-state index contributed by atoms with van der Waals surface area (Å²) in [6.45, 7) is 11.1. The number of nitrogens with zero attached hydrogens (tertiary/aromatic N) is 3. The zero-order valence-electron chi connectivity index (χ0n) is 32.4. The van der Waals surface area contributed by atoms with Crippen LogP contribution in [0.5, 0.6) is 11.5 Å². The highest BCUT2D eigenvalue weighted by Gasteiger charge is 2.21. The molecule has 5 N–H and O–H groups in total. The number of pyridine rings is 2. The number of carboxylic acids is 1. The molecule has 10 nitrogen and oxygen atoms in total. The normalized spacial score (nSPS) is 11.8. The molecule has 0 fully saturated rings. The Morgan fingerprint density at radius 2 is 1.50 bits per heavy atom. The van der Waals surface area contributed by atoms with Crippen molar-refractivity contribution in [3.63, 3.8) is 0 Å². The molecular formula is C46H49N5O5. The van der Waals surface area contributed by atoms with Gasteiger partial charge in [0.05, 0.1) is 13.7 Å². The summed E-state index contributed by atoms with van der Waals surface area (Å²) in [7, 11) is 1.64. The summed E-state index contributed by atoms with van der Waals surface area (Å²) in [5, 5.41) is 9.22. The molecule has 3 aromatic carbocycles. The van der Waals surface area contributed by atoms with E-state index in [0.29, 0.717) is 52.6 Å². The van der Waals surface area contributed by atoms with Gasteiger partial charge < -0.3 is 30.9 Å². The van der Waals surface area contributed by atoms with Gasteiger partial charge in [-0.2, -0.15) is 0 Å². The Bertz CT molecular complexity index is 2210. The summed E-state index contributed by atoms with van der Waals surface area (Å²) in [6.07, 6.45) is 6.90. The number of aromatic nitrogens is 2. The Morgan fingerprint density at radius 3 is 2.09 bits per heavy atom. The van der Waals surface area contributed by atoms with Crippen LogP contribution in [0.3, 0.4) is 0 Å². The number of hydrogen-bond donors (Lipinski definition) is 3. The zero-order chi connectivity index (χ0) is 40.2. The largest absolute Gasteiger partial charge is 0.494 e. The highest BCUT2D eigenvalue weighted by atomic mass is 16.5. The molecule has 0 spiro atoms. The lowest BCUT2D eigenvalue weighted by atomic mass is 9.89. The number of primary amides is 1. The van der Waals surface area contributed by atoms with Crippen molar-refractivity contribution in [2.24, 2.45) is 11.5 Å². The van der Waals surface area contributed by atoms with Crippen molar-refractivity contribution >= 4 is 34.4 Å². The minimum absolute atomic E-state index is 0.0472. The number of para-hydroxylation sites is 2. The van der Waals surface area contributed by atoms with Crippen molar-refractivity contribution in [1.82, 2.24) is 9.97 Å². The summed E-state index contributed by atoms with van der Waals surface area (Å²) in [5.74, 6) is -0.414. The summed E-state index contributed by atoms with van der Waals surface area (Å²) < 4.78 is 12.5. The maximum absolute atomic E-state index is 12.4. The molecule has 0 aliphatic heterocycles. The number of aryl methyl sites for hydroxylation is 2. The molecule has 0 aliphatic carbocycles. The summed E-state index contributed by atoms with van der Waals surface area (Å²) in [4.78, 5) is 35.0. The van der Waals surface area contributed by atoms with E-state index in [9.17, 15) is 14.7 Å². The average molecular weight is 752 g/mol. The van der Waals surface area contributed by atoms with Crippen LogP contribution in [0.15, 0.2) is 127 Å². The van der Waals surface area contributed by atoms with Gasteiger partial charge in [0.2, 0.25) is 0 Å². The van der Waals surface area contributed by atoms with Crippen molar-refractivity contribution < 1.29 is 24.2 Å². The minimum atomic E-state index is -0.934. The average Bonchev–Trinajstić information content (AvgIpc) is 3.22. The van der Waals surface area contributed by atoms with E-state index in [0.717, 1.165) is 52.1 Å². The predicted molar refractivity (Wildman–Crippen MR) is 224 cm³/mol. The summed E-state index contributed by atoms with van der Waals surface area (Å²) in [5.41, 5.74) is 21.3. The second kappa shape index (κ2) is 19.1. The smallest absolute Gasteiger partial charge is 0.303 e. The van der Waals surface area contributed by atoms with Crippen LogP contribution in [0.2, 0.25) is 0 Å². The Balaban J connectivity index is 1.54. The van der Waals surface area contributed by atoms with Crippen molar-refractivity contribution in [1.29, 1.82) is 0 Å². The number of rotatable bonds is 18. The Kier molecular flexibility index (Phi) is 13.8. The number of amides is 1. The number of carbonyl (C=O) groups excluding carboxylic acids is 1. The standard InChI is InChI=1S/C46H49N5O5/c1-6-13-33-25-42(55-5)44(49-28-33)38-20-19-35(26-41(38)56-23-22-51(36-14-9-7-10-15-36)37-16-11-8-12-17-37)40(27-47)32(4)30(2)31(3)39-24-34(18-21-43(52)53)29-50-45(39)46(48)54/h7-12,14-17,19-20,24-29H,3,6,13,18,21-23,47H2,1-2,4-5H3,(H2,48,54)(H,52,53)/b32-30-,40-27+. The van der Waals surface area contributed by atoms with Gasteiger partial charge in [-0.15, -0.1) is 0 Å². The van der Waals surface area contributed by atoms with E-state index in [1.807, 2.05) is 80.7 Å². The van der Waals surface area contributed by atoms with Gasteiger partial charge in [0.15, 0.2) is 0 Å². The fraction of sp³-hybridized carbons (Fsp3) is 0.217. The third-order valence-electron chi connectivity index (χ3n) is 9.64. The van der Waals surface area contributed by atoms with Gasteiger partial charge in [-0.3, -0.25) is 19.6 Å². The van der Waals surface area contributed by atoms with Gasteiger partial charge in [0, 0.05) is 53.1 Å². The summed E-state index contributed by atoms with van der Waals surface area (Å²) >= 11 is 0. The molecule has 2 aromatic heterocycles. The highest BCUT2D eigenvalue weighted by molar-refractivity contribution is 5.99. The topological polar surface area (TPSA) is 154 Å². The lowest BCUT2D eigenvalue weighted by Crippen LogP contribution is -2.23. The second-order valence-corrected chi connectivity index (χ2v) is 13.3. The van der Waals surface area contributed by atoms with E-state index in [1.54, 1.807) is 13.2 Å². The van der Waals surface area contributed by atoms with Crippen molar-refractivity contribution in [3.8, 4) is 22.8 Å². The van der Waals surface area contributed by atoms with Gasteiger partial charge in [-0.25, -0.2) is 0 Å². The van der Waals surface area contributed by atoms with E-state index in [4.69, 9.17) is 25.9 Å². The molecule has 56 heavy (non-hydrogen) atoms. The Labute approximate surface area is 328 Å². The molecule has 5 rings (SSSR count). The quantitative estimate of drug-likeness (QED) is 0.0746. The first-order valence-electron chi connectivity index (χ1n) is 18.5. The number of carboxylic acid groups (broad SMARTS) is 1. The van der Waals surface area contributed by atoms with E-state index >= 15 is 0 Å². The zero-order valence-corrected chi connectivity index (χ0v) is 32.4. The van der Waals surface area contributed by atoms with E-state index in [1.165, 1.54) is 12.4 Å². The monoisotopic (exact) mass is 751 g/mol. The Morgan fingerprint density at radius 1 is 0.857 bits per heavy atom. The maximum atomic E-state index is 12.4. The SMILES string of the molecule is C=C(/C(C)=C(C)\C(=C/N)c1ccc(-c2ncc(CCC)cc2OC)c(OCCN(c2ccccc2)c2ccccc2)c1)c1cc(CCC(=O)O)cnc1C(N)=O. The van der Waals surface area contributed by atoms with Gasteiger partial charge in [0.1, 0.15) is 29.5 Å². The number of nitrogens with two attached hydrogens (primary N) is 2. The van der Waals surface area contributed by atoms with Crippen LogP contribution in [0.4, 0.5) is 11.4 Å². The van der Waals surface area contributed by atoms with Gasteiger partial charge in [-0.05, 0) is 109 Å². The van der Waals surface area contributed by atoms with Crippen LogP contribution in [0.1, 0.15) is 66.4 Å². The van der Waals surface area contributed by atoms with Gasteiger partial charge in [-0.1, -0.05) is 62.4 Å². The number of anilines is 2. The number of methoxy groups -OCH3 is 1. The van der Waals surface area contributed by atoms with Crippen molar-refractivity contribution in [3.05, 3.63) is 155 Å². The minimum Gasteiger partial charge on any atom is -0.494 e. The van der Waals surface area contributed by atoms with Crippen LogP contribution < -0.4 is 25.8 Å². The maximum Gasteiger partial charge on any atom is 0.303 e. The molecule has 0 saturated heterocycles. The van der Waals surface area contributed by atoms with Crippen molar-refractivity contribution in [2.45, 2.75) is 46.5 Å². The molecule has 0 saturated carbocycles. The van der Waals surface area contributed by atoms with E-state index in [2.05, 4.69) is 47.7 Å². The van der Waals surface area contributed by atoms with Crippen molar-refractivity contribution in [2.75, 3.05) is 25.2 Å². The number of ether oxygens (including phenoxy) is 2. The molecular weight excluding hydrogens is 703 g/mol. The molecule has 288 valence electrons. The lowest BCUT2D eigenvalue weighted by Gasteiger charge is -2.25. The molecule has 10 heteroatoms. The molecule has 0 atom stereocenters. The molecule has 0 radical (unpaired) electrons. The first kappa shape index (κ1) is 40.5. The molecule has 0 aliphatic rings.